The van der Waals surface area contributed by atoms with E-state index in [1.807, 2.05) is 0 Å². The zero-order valence-electron chi connectivity index (χ0n) is 21.8. The van der Waals surface area contributed by atoms with Gasteiger partial charge in [0.15, 0.2) is 12.6 Å². The SMILES string of the molecule is C=CCCCC1=C[C@H]2C[C@@H](OC3CCCCO3)[C@@H](/C=C\[C@@H](OC3CCCCO3)C3CCCC3)[C@H]2C1. The fourth-order valence-corrected chi connectivity index (χ4v) is 7.23. The fourth-order valence-electron chi connectivity index (χ4n) is 7.23. The summed E-state index contributed by atoms with van der Waals surface area (Å²) in [7, 11) is 0. The van der Waals surface area contributed by atoms with Crippen molar-refractivity contribution >= 4 is 0 Å². The van der Waals surface area contributed by atoms with Gasteiger partial charge < -0.3 is 18.9 Å². The number of hydrogen-bond acceptors (Lipinski definition) is 4. The first-order valence-electron chi connectivity index (χ1n) is 14.8. The van der Waals surface area contributed by atoms with E-state index >= 15 is 0 Å². The van der Waals surface area contributed by atoms with E-state index in [0.717, 1.165) is 38.9 Å². The second kappa shape index (κ2) is 13.0. The minimum Gasteiger partial charge on any atom is -0.353 e. The highest BCUT2D eigenvalue weighted by molar-refractivity contribution is 5.21. The highest BCUT2D eigenvalue weighted by atomic mass is 16.7. The molecule has 0 spiro atoms. The van der Waals surface area contributed by atoms with Crippen LogP contribution in [0.2, 0.25) is 0 Å². The Morgan fingerprint density at radius 2 is 1.71 bits per heavy atom. The molecule has 7 atom stereocenters. The molecule has 0 N–H and O–H groups in total. The molecule has 2 saturated heterocycles. The summed E-state index contributed by atoms with van der Waals surface area (Å²) in [5, 5.41) is 0. The Hall–Kier alpha value is -0.940. The molecule has 4 heteroatoms. The first-order chi connectivity index (χ1) is 17.3. The Morgan fingerprint density at radius 3 is 2.43 bits per heavy atom. The van der Waals surface area contributed by atoms with Gasteiger partial charge in [-0.2, -0.15) is 0 Å². The molecule has 0 aromatic carbocycles. The van der Waals surface area contributed by atoms with Gasteiger partial charge in [-0.05, 0) is 101 Å². The molecule has 0 radical (unpaired) electrons. The van der Waals surface area contributed by atoms with Crippen LogP contribution in [-0.4, -0.2) is 38.0 Å². The summed E-state index contributed by atoms with van der Waals surface area (Å²) in [6.07, 6.45) is 28.0. The maximum absolute atomic E-state index is 6.66. The van der Waals surface area contributed by atoms with Crippen molar-refractivity contribution in [1.29, 1.82) is 0 Å². The number of rotatable bonds is 11. The van der Waals surface area contributed by atoms with Gasteiger partial charge in [-0.1, -0.05) is 42.7 Å². The van der Waals surface area contributed by atoms with Crippen LogP contribution in [-0.2, 0) is 18.9 Å². The lowest BCUT2D eigenvalue weighted by Crippen LogP contribution is -2.32. The maximum atomic E-state index is 6.66. The Morgan fingerprint density at radius 1 is 0.971 bits per heavy atom. The molecule has 35 heavy (non-hydrogen) atoms. The number of hydrogen-bond donors (Lipinski definition) is 0. The van der Waals surface area contributed by atoms with Crippen LogP contribution >= 0.6 is 0 Å². The zero-order valence-corrected chi connectivity index (χ0v) is 21.8. The Kier molecular flexibility index (Phi) is 9.57. The molecular formula is C31H48O4. The van der Waals surface area contributed by atoms with Crippen molar-refractivity contribution in [3.05, 3.63) is 36.5 Å². The molecule has 2 saturated carbocycles. The predicted octanol–water partition coefficient (Wildman–Crippen LogP) is 7.50. The first kappa shape index (κ1) is 25.7. The van der Waals surface area contributed by atoms with Gasteiger partial charge >= 0.3 is 0 Å². The minimum atomic E-state index is -0.0253. The molecule has 2 aliphatic heterocycles. The molecule has 5 aliphatic rings. The first-order valence-corrected chi connectivity index (χ1v) is 14.8. The fraction of sp³-hybridized carbons (Fsp3) is 0.806. The smallest absolute Gasteiger partial charge is 0.158 e. The quantitative estimate of drug-likeness (QED) is 0.225. The topological polar surface area (TPSA) is 36.9 Å². The maximum Gasteiger partial charge on any atom is 0.158 e. The normalized spacial score (nSPS) is 37.0. The van der Waals surface area contributed by atoms with Gasteiger partial charge in [-0.3, -0.25) is 0 Å². The van der Waals surface area contributed by atoms with Crippen LogP contribution in [0.1, 0.15) is 96.3 Å². The molecule has 3 aliphatic carbocycles. The Balaban J connectivity index is 1.28. The van der Waals surface area contributed by atoms with Crippen molar-refractivity contribution in [2.75, 3.05) is 13.2 Å². The van der Waals surface area contributed by atoms with Crippen LogP contribution in [0.5, 0.6) is 0 Å². The van der Waals surface area contributed by atoms with Gasteiger partial charge in [-0.15, -0.1) is 6.58 Å². The average molecular weight is 485 g/mol. The van der Waals surface area contributed by atoms with E-state index in [1.54, 1.807) is 5.57 Å². The second-order valence-electron chi connectivity index (χ2n) is 11.6. The molecule has 0 amide bonds. The highest BCUT2D eigenvalue weighted by Gasteiger charge is 2.45. The summed E-state index contributed by atoms with van der Waals surface area (Å²) in [4.78, 5) is 0. The minimum absolute atomic E-state index is 0.0166. The largest absolute Gasteiger partial charge is 0.353 e. The van der Waals surface area contributed by atoms with Crippen molar-refractivity contribution in [3.8, 4) is 0 Å². The van der Waals surface area contributed by atoms with Crippen molar-refractivity contribution in [2.24, 2.45) is 23.7 Å². The highest BCUT2D eigenvalue weighted by Crippen LogP contribution is 2.50. The van der Waals surface area contributed by atoms with Crippen molar-refractivity contribution in [3.63, 3.8) is 0 Å². The third kappa shape index (κ3) is 6.89. The molecule has 4 nitrogen and oxygen atoms in total. The van der Waals surface area contributed by atoms with E-state index in [9.17, 15) is 0 Å². The van der Waals surface area contributed by atoms with Gasteiger partial charge in [0.25, 0.3) is 0 Å². The predicted molar refractivity (Wildman–Crippen MR) is 140 cm³/mol. The Labute approximate surface area is 213 Å². The summed E-state index contributed by atoms with van der Waals surface area (Å²) in [6.45, 7) is 5.58. The third-order valence-electron chi connectivity index (χ3n) is 9.13. The second-order valence-corrected chi connectivity index (χ2v) is 11.6. The van der Waals surface area contributed by atoms with Crippen LogP contribution in [0.25, 0.3) is 0 Å². The third-order valence-corrected chi connectivity index (χ3v) is 9.13. The lowest BCUT2D eigenvalue weighted by molar-refractivity contribution is -0.193. The van der Waals surface area contributed by atoms with Gasteiger partial charge in [0, 0.05) is 19.1 Å². The standard InChI is InChI=1S/C31H48O4/c1-2-3-4-11-23-20-25-22-29(35-31-15-8-10-19-33-31)26(27(25)21-23)16-17-28(24-12-5-6-13-24)34-30-14-7-9-18-32-30/h2,16-17,20,24-31H,1,3-15,18-19,21-22H2/b17-16-/t25-,26-,27-,28+,29+,30?,31?/m0/s1. The van der Waals surface area contributed by atoms with Gasteiger partial charge in [-0.25, -0.2) is 0 Å². The van der Waals surface area contributed by atoms with Crippen molar-refractivity contribution in [1.82, 2.24) is 0 Å². The van der Waals surface area contributed by atoms with E-state index in [1.165, 1.54) is 70.6 Å². The van der Waals surface area contributed by atoms with Crippen LogP contribution in [0.3, 0.4) is 0 Å². The molecule has 2 heterocycles. The van der Waals surface area contributed by atoms with E-state index in [4.69, 9.17) is 18.9 Å². The van der Waals surface area contributed by atoms with E-state index in [0.29, 0.717) is 23.7 Å². The summed E-state index contributed by atoms with van der Waals surface area (Å²) in [5.41, 5.74) is 1.66. The van der Waals surface area contributed by atoms with Crippen LogP contribution in [0.4, 0.5) is 0 Å². The van der Waals surface area contributed by atoms with Crippen LogP contribution in [0, 0.1) is 23.7 Å². The number of allylic oxidation sites excluding steroid dienone is 3. The molecular weight excluding hydrogens is 436 g/mol. The van der Waals surface area contributed by atoms with E-state index in [-0.39, 0.29) is 24.8 Å². The van der Waals surface area contributed by atoms with Gasteiger partial charge in [0.1, 0.15) is 0 Å². The zero-order chi connectivity index (χ0) is 23.9. The molecule has 0 aromatic heterocycles. The van der Waals surface area contributed by atoms with Gasteiger partial charge in [0.05, 0.1) is 12.2 Å². The van der Waals surface area contributed by atoms with Crippen molar-refractivity contribution in [2.45, 2.75) is 121 Å². The lowest BCUT2D eigenvalue weighted by atomic mass is 9.87. The summed E-state index contributed by atoms with van der Waals surface area (Å²) >= 11 is 0. The summed E-state index contributed by atoms with van der Waals surface area (Å²) < 4.78 is 25.3. The molecule has 4 fully saturated rings. The van der Waals surface area contributed by atoms with Crippen molar-refractivity contribution < 1.29 is 18.9 Å². The average Bonchev–Trinajstić information content (AvgIpc) is 3.61. The van der Waals surface area contributed by atoms with Crippen LogP contribution in [0.15, 0.2) is 36.5 Å². The van der Waals surface area contributed by atoms with Gasteiger partial charge in [0.2, 0.25) is 0 Å². The molecule has 2 unspecified atom stereocenters. The number of ether oxygens (including phenoxy) is 4. The van der Waals surface area contributed by atoms with E-state index in [2.05, 4.69) is 30.9 Å². The summed E-state index contributed by atoms with van der Waals surface area (Å²) in [6, 6.07) is 0. The number of fused-ring (bicyclic) bond motifs is 1. The van der Waals surface area contributed by atoms with Crippen LogP contribution < -0.4 is 0 Å². The summed E-state index contributed by atoms with van der Waals surface area (Å²) in [5.74, 6) is 2.38. The Bertz CT molecular complexity index is 711. The molecule has 0 aromatic rings. The molecule has 5 rings (SSSR count). The lowest BCUT2D eigenvalue weighted by Gasteiger charge is -2.31. The molecule has 0 bridgehead atoms. The monoisotopic (exact) mass is 484 g/mol. The number of unbranched alkanes of at least 4 members (excludes halogenated alkanes) is 1. The molecule has 196 valence electrons. The van der Waals surface area contributed by atoms with E-state index < -0.39 is 0 Å².